The molecule has 0 aromatic heterocycles. The van der Waals surface area contributed by atoms with Crippen molar-refractivity contribution in [2.75, 3.05) is 25.0 Å². The van der Waals surface area contributed by atoms with E-state index in [4.69, 9.17) is 9.47 Å². The smallest absolute Gasteiger partial charge is 0.343 e. The van der Waals surface area contributed by atoms with Crippen LogP contribution in [0.25, 0.3) is 0 Å². The summed E-state index contributed by atoms with van der Waals surface area (Å²) in [5, 5.41) is 0. The topological polar surface area (TPSA) is 90.9 Å². The molecular formula is C17H19NO6S. The van der Waals surface area contributed by atoms with E-state index in [1.165, 1.54) is 31.4 Å². The summed E-state index contributed by atoms with van der Waals surface area (Å²) in [6.45, 7) is 2.16. The zero-order chi connectivity index (χ0) is 18.3. The van der Waals surface area contributed by atoms with Crippen LogP contribution in [-0.2, 0) is 19.6 Å². The van der Waals surface area contributed by atoms with E-state index in [0.717, 1.165) is 0 Å². The third-order valence-electron chi connectivity index (χ3n) is 3.14. The molecule has 0 radical (unpaired) electrons. The fourth-order valence-corrected chi connectivity index (χ4v) is 2.97. The maximum absolute atomic E-state index is 12.4. The molecule has 134 valence electrons. The lowest BCUT2D eigenvalue weighted by Gasteiger charge is -2.10. The van der Waals surface area contributed by atoms with Crippen LogP contribution in [0, 0.1) is 0 Å². The van der Waals surface area contributed by atoms with Crippen molar-refractivity contribution in [1.82, 2.24) is 0 Å². The molecule has 0 bridgehead atoms. The van der Waals surface area contributed by atoms with E-state index >= 15 is 0 Å². The van der Waals surface area contributed by atoms with E-state index in [1.807, 2.05) is 6.92 Å². The summed E-state index contributed by atoms with van der Waals surface area (Å²) in [7, 11) is -2.47. The van der Waals surface area contributed by atoms with Gasteiger partial charge in [-0.05, 0) is 55.5 Å². The molecular weight excluding hydrogens is 346 g/mol. The summed E-state index contributed by atoms with van der Waals surface area (Å²) in [4.78, 5) is 11.1. The second-order valence-corrected chi connectivity index (χ2v) is 6.58. The first kappa shape index (κ1) is 18.6. The first-order valence-corrected chi connectivity index (χ1v) is 8.98. The van der Waals surface area contributed by atoms with E-state index in [2.05, 4.69) is 9.46 Å². The van der Waals surface area contributed by atoms with Gasteiger partial charge in [0.05, 0.1) is 18.6 Å². The van der Waals surface area contributed by atoms with Crippen LogP contribution >= 0.6 is 0 Å². The summed E-state index contributed by atoms with van der Waals surface area (Å²) in [5.41, 5.74) is 0.425. The minimum Gasteiger partial charge on any atom is -0.494 e. The molecule has 0 heterocycles. The van der Waals surface area contributed by atoms with E-state index in [0.29, 0.717) is 23.8 Å². The second-order valence-electron chi connectivity index (χ2n) is 4.90. The predicted molar refractivity (Wildman–Crippen MR) is 92.4 cm³/mol. The Labute approximate surface area is 146 Å². The summed E-state index contributed by atoms with van der Waals surface area (Å²) in [6.07, 6.45) is 0. The fourth-order valence-electron chi connectivity index (χ4n) is 1.92. The highest BCUT2D eigenvalue weighted by molar-refractivity contribution is 7.92. The van der Waals surface area contributed by atoms with Gasteiger partial charge in [-0.1, -0.05) is 0 Å². The Morgan fingerprint density at radius 2 is 1.52 bits per heavy atom. The van der Waals surface area contributed by atoms with Gasteiger partial charge in [0.1, 0.15) is 11.5 Å². The summed E-state index contributed by atoms with van der Waals surface area (Å²) in [6, 6.07) is 12.3. The van der Waals surface area contributed by atoms with Crippen molar-refractivity contribution >= 4 is 21.7 Å². The maximum Gasteiger partial charge on any atom is 0.343 e. The van der Waals surface area contributed by atoms with Crippen molar-refractivity contribution in [3.63, 3.8) is 0 Å². The Morgan fingerprint density at radius 1 is 0.960 bits per heavy atom. The fraction of sp³-hybridized carbons (Fsp3) is 0.235. The molecule has 0 aliphatic heterocycles. The van der Waals surface area contributed by atoms with Gasteiger partial charge in [0.25, 0.3) is 10.0 Å². The number of nitrogens with one attached hydrogen (secondary N) is 1. The number of anilines is 1. The molecule has 0 saturated carbocycles. The molecule has 0 unspecified atom stereocenters. The van der Waals surface area contributed by atoms with E-state index < -0.39 is 16.0 Å². The molecule has 0 aliphatic carbocycles. The molecule has 0 amide bonds. The Bertz CT molecular complexity index is 800. The third-order valence-corrected chi connectivity index (χ3v) is 4.53. The van der Waals surface area contributed by atoms with Crippen LogP contribution in [0.5, 0.6) is 11.5 Å². The summed E-state index contributed by atoms with van der Waals surface area (Å²) in [5.74, 6) is 0.511. The van der Waals surface area contributed by atoms with E-state index in [-0.39, 0.29) is 11.5 Å². The third kappa shape index (κ3) is 5.39. The SMILES string of the molecule is CCOc1ccc(NS(=O)(=O)c2ccc(OCC(=O)OC)cc2)cc1. The van der Waals surface area contributed by atoms with Crippen molar-refractivity contribution in [3.05, 3.63) is 48.5 Å². The number of carbonyl (C=O) groups excluding carboxylic acids is 1. The molecule has 0 atom stereocenters. The normalized spacial score (nSPS) is 10.8. The highest BCUT2D eigenvalue weighted by Crippen LogP contribution is 2.21. The van der Waals surface area contributed by atoms with Crippen LogP contribution in [-0.4, -0.2) is 34.7 Å². The maximum atomic E-state index is 12.4. The van der Waals surface area contributed by atoms with Crippen LogP contribution < -0.4 is 14.2 Å². The van der Waals surface area contributed by atoms with E-state index in [1.54, 1.807) is 24.3 Å². The minimum absolute atomic E-state index is 0.0757. The van der Waals surface area contributed by atoms with Gasteiger partial charge in [-0.15, -0.1) is 0 Å². The van der Waals surface area contributed by atoms with Crippen molar-refractivity contribution < 1.29 is 27.4 Å². The van der Waals surface area contributed by atoms with Crippen LogP contribution in [0.1, 0.15) is 6.92 Å². The monoisotopic (exact) mass is 365 g/mol. The quantitative estimate of drug-likeness (QED) is 0.723. The van der Waals surface area contributed by atoms with Gasteiger partial charge in [-0.3, -0.25) is 4.72 Å². The van der Waals surface area contributed by atoms with Crippen LogP contribution in [0.4, 0.5) is 5.69 Å². The lowest BCUT2D eigenvalue weighted by Crippen LogP contribution is -2.14. The first-order valence-electron chi connectivity index (χ1n) is 7.50. The predicted octanol–water partition coefficient (Wildman–Crippen LogP) is 2.44. The van der Waals surface area contributed by atoms with E-state index in [9.17, 15) is 13.2 Å². The molecule has 8 heteroatoms. The van der Waals surface area contributed by atoms with Crippen molar-refractivity contribution in [2.45, 2.75) is 11.8 Å². The van der Waals surface area contributed by atoms with Crippen LogP contribution in [0.15, 0.2) is 53.4 Å². The number of hydrogen-bond donors (Lipinski definition) is 1. The molecule has 0 spiro atoms. The van der Waals surface area contributed by atoms with Crippen molar-refractivity contribution in [3.8, 4) is 11.5 Å². The Kier molecular flexibility index (Phi) is 6.24. The van der Waals surface area contributed by atoms with Crippen LogP contribution in [0.3, 0.4) is 0 Å². The molecule has 25 heavy (non-hydrogen) atoms. The second kappa shape index (κ2) is 8.39. The number of methoxy groups -OCH3 is 1. The zero-order valence-corrected chi connectivity index (χ0v) is 14.7. The van der Waals surface area contributed by atoms with Gasteiger partial charge in [0.2, 0.25) is 0 Å². The largest absolute Gasteiger partial charge is 0.494 e. The molecule has 0 fully saturated rings. The lowest BCUT2D eigenvalue weighted by atomic mass is 10.3. The summed E-state index contributed by atoms with van der Waals surface area (Å²) < 4.78 is 42.2. The average Bonchev–Trinajstić information content (AvgIpc) is 2.61. The minimum atomic E-state index is -3.73. The van der Waals surface area contributed by atoms with Gasteiger partial charge >= 0.3 is 5.97 Å². The van der Waals surface area contributed by atoms with Gasteiger partial charge in [0.15, 0.2) is 6.61 Å². The molecule has 7 nitrogen and oxygen atoms in total. The molecule has 0 aliphatic rings. The molecule has 2 aromatic rings. The van der Waals surface area contributed by atoms with Gasteiger partial charge in [0, 0.05) is 5.69 Å². The lowest BCUT2D eigenvalue weighted by molar-refractivity contribution is -0.142. The van der Waals surface area contributed by atoms with Gasteiger partial charge in [-0.25, -0.2) is 13.2 Å². The molecule has 0 saturated heterocycles. The number of ether oxygens (including phenoxy) is 3. The molecule has 1 N–H and O–H groups in total. The Morgan fingerprint density at radius 3 is 2.08 bits per heavy atom. The zero-order valence-electron chi connectivity index (χ0n) is 13.9. The Hall–Kier alpha value is -2.74. The highest BCUT2D eigenvalue weighted by atomic mass is 32.2. The number of hydrogen-bond acceptors (Lipinski definition) is 6. The first-order chi connectivity index (χ1) is 11.9. The average molecular weight is 365 g/mol. The van der Waals surface area contributed by atoms with Gasteiger partial charge in [-0.2, -0.15) is 0 Å². The molecule has 2 rings (SSSR count). The van der Waals surface area contributed by atoms with Gasteiger partial charge < -0.3 is 14.2 Å². The van der Waals surface area contributed by atoms with Crippen molar-refractivity contribution in [2.24, 2.45) is 0 Å². The number of rotatable bonds is 8. The van der Waals surface area contributed by atoms with Crippen LogP contribution in [0.2, 0.25) is 0 Å². The standard InChI is InChI=1S/C17H19NO6S/c1-3-23-14-6-4-13(5-7-14)18-25(20,21)16-10-8-15(9-11-16)24-12-17(19)22-2/h4-11,18H,3,12H2,1-2H3. The number of carbonyl (C=O) groups is 1. The Balaban J connectivity index is 2.04. The number of esters is 1. The number of sulfonamides is 1. The highest BCUT2D eigenvalue weighted by Gasteiger charge is 2.14. The number of benzene rings is 2. The molecule has 2 aromatic carbocycles. The summed E-state index contributed by atoms with van der Waals surface area (Å²) >= 11 is 0. The van der Waals surface area contributed by atoms with Crippen molar-refractivity contribution in [1.29, 1.82) is 0 Å².